The smallest absolute Gasteiger partial charge is 0.330 e. The highest BCUT2D eigenvalue weighted by atomic mass is 35.5. The molecule has 5 rings (SSSR count). The summed E-state index contributed by atoms with van der Waals surface area (Å²) in [5.74, 6) is 0.544. The fourth-order valence-corrected chi connectivity index (χ4v) is 4.93. The minimum Gasteiger partial charge on any atom is -0.396 e. The lowest BCUT2D eigenvalue weighted by atomic mass is 9.86. The number of aliphatic hydroxyl groups is 1. The number of nitrogens with one attached hydrogen (secondary N) is 1. The molecule has 3 heterocycles. The maximum atomic E-state index is 13.1. The molecule has 0 atom stereocenters. The molecule has 34 heavy (non-hydrogen) atoms. The van der Waals surface area contributed by atoms with Crippen LogP contribution in [0.2, 0.25) is 5.02 Å². The van der Waals surface area contributed by atoms with E-state index in [9.17, 15) is 9.90 Å². The van der Waals surface area contributed by atoms with Crippen LogP contribution in [0.3, 0.4) is 0 Å². The van der Waals surface area contributed by atoms with Gasteiger partial charge in [-0.05, 0) is 25.0 Å². The van der Waals surface area contributed by atoms with E-state index in [0.29, 0.717) is 42.2 Å². The number of aliphatic hydroxyl groups excluding tert-OH is 1. The third-order valence-corrected chi connectivity index (χ3v) is 7.30. The SMILES string of the molecule is CN1C(=O)N(c2ccccc2Cl)Cc2cnc(NC3CCC4(CC3)OCC(C)(CO)CO4)nc21. The number of rotatable bonds is 4. The molecule has 1 saturated carbocycles. The number of carbonyl (C=O) groups excluding carboxylic acids is 1. The summed E-state index contributed by atoms with van der Waals surface area (Å²) in [6, 6.07) is 7.29. The van der Waals surface area contributed by atoms with E-state index < -0.39 is 5.79 Å². The van der Waals surface area contributed by atoms with Crippen molar-refractivity contribution in [3.63, 3.8) is 0 Å². The number of hydrogen-bond donors (Lipinski definition) is 2. The number of hydrogen-bond acceptors (Lipinski definition) is 7. The molecule has 2 aromatic rings. The van der Waals surface area contributed by atoms with Crippen molar-refractivity contribution >= 4 is 35.1 Å². The fourth-order valence-electron chi connectivity index (χ4n) is 4.70. The predicted octanol–water partition coefficient (Wildman–Crippen LogP) is 3.80. The Bertz CT molecular complexity index is 1070. The number of anilines is 3. The molecule has 2 amide bonds. The number of nitrogens with zero attached hydrogens (tertiary/aromatic N) is 4. The van der Waals surface area contributed by atoms with Gasteiger partial charge in [-0.2, -0.15) is 4.98 Å². The quantitative estimate of drug-likeness (QED) is 0.676. The molecule has 9 nitrogen and oxygen atoms in total. The minimum atomic E-state index is -0.557. The number of ether oxygens (including phenoxy) is 2. The third kappa shape index (κ3) is 4.33. The highest BCUT2D eigenvalue weighted by molar-refractivity contribution is 6.34. The van der Waals surface area contributed by atoms with Crippen molar-refractivity contribution in [2.24, 2.45) is 5.41 Å². The summed E-state index contributed by atoms with van der Waals surface area (Å²) >= 11 is 6.32. The van der Waals surface area contributed by atoms with E-state index in [1.807, 2.05) is 25.1 Å². The molecule has 0 bridgehead atoms. The van der Waals surface area contributed by atoms with Crippen LogP contribution in [0.15, 0.2) is 30.5 Å². The summed E-state index contributed by atoms with van der Waals surface area (Å²) < 4.78 is 12.1. The van der Waals surface area contributed by atoms with Crippen LogP contribution < -0.4 is 15.1 Å². The monoisotopic (exact) mass is 487 g/mol. The molecule has 2 N–H and O–H groups in total. The summed E-state index contributed by atoms with van der Waals surface area (Å²) in [5, 5.41) is 13.5. The Balaban J connectivity index is 1.24. The predicted molar refractivity (Wildman–Crippen MR) is 129 cm³/mol. The fraction of sp³-hybridized carbons (Fsp3) is 0.542. The lowest BCUT2D eigenvalue weighted by Gasteiger charge is -2.47. The van der Waals surface area contributed by atoms with Crippen LogP contribution in [0.5, 0.6) is 0 Å². The van der Waals surface area contributed by atoms with Crippen molar-refractivity contribution < 1.29 is 19.4 Å². The van der Waals surface area contributed by atoms with Crippen molar-refractivity contribution in [2.45, 2.75) is 51.0 Å². The zero-order valence-corrected chi connectivity index (χ0v) is 20.2. The maximum Gasteiger partial charge on any atom is 0.330 e. The molecule has 10 heteroatoms. The largest absolute Gasteiger partial charge is 0.396 e. The molecule has 2 aliphatic heterocycles. The normalized spacial score (nSPS) is 29.3. The Morgan fingerprint density at radius 2 is 1.94 bits per heavy atom. The van der Waals surface area contributed by atoms with E-state index in [-0.39, 0.29) is 24.1 Å². The lowest BCUT2D eigenvalue weighted by Crippen LogP contribution is -2.52. The molecule has 1 saturated heterocycles. The van der Waals surface area contributed by atoms with Gasteiger partial charge in [0, 0.05) is 43.1 Å². The van der Waals surface area contributed by atoms with Crippen molar-refractivity contribution in [2.75, 3.05) is 42.0 Å². The second-order valence-electron chi connectivity index (χ2n) is 9.80. The molecule has 3 aliphatic rings. The summed E-state index contributed by atoms with van der Waals surface area (Å²) in [5.41, 5.74) is 1.19. The molecule has 1 aromatic carbocycles. The lowest BCUT2D eigenvalue weighted by molar-refractivity contribution is -0.316. The van der Waals surface area contributed by atoms with E-state index in [1.165, 1.54) is 4.90 Å². The second kappa shape index (κ2) is 8.96. The highest BCUT2D eigenvalue weighted by Crippen LogP contribution is 2.40. The van der Waals surface area contributed by atoms with Crippen LogP contribution in [0, 0.1) is 5.41 Å². The molecule has 1 spiro atoms. The number of benzene rings is 1. The Morgan fingerprint density at radius 1 is 1.24 bits per heavy atom. The van der Waals surface area contributed by atoms with Gasteiger partial charge in [-0.15, -0.1) is 0 Å². The Labute approximate surface area is 204 Å². The molecular weight excluding hydrogens is 458 g/mol. The number of fused-ring (bicyclic) bond motifs is 1. The van der Waals surface area contributed by atoms with Gasteiger partial charge in [-0.3, -0.25) is 9.80 Å². The van der Waals surface area contributed by atoms with Gasteiger partial charge in [-0.25, -0.2) is 9.78 Å². The van der Waals surface area contributed by atoms with Crippen LogP contribution in [0.4, 0.5) is 22.2 Å². The van der Waals surface area contributed by atoms with Gasteiger partial charge in [0.2, 0.25) is 5.95 Å². The summed E-state index contributed by atoms with van der Waals surface area (Å²) in [4.78, 5) is 25.4. The number of halogens is 1. The first-order chi connectivity index (χ1) is 16.3. The number of aromatic nitrogens is 2. The van der Waals surface area contributed by atoms with Gasteiger partial charge < -0.3 is 19.9 Å². The van der Waals surface area contributed by atoms with E-state index in [1.54, 1.807) is 24.2 Å². The van der Waals surface area contributed by atoms with Gasteiger partial charge in [-0.1, -0.05) is 30.7 Å². The first-order valence-electron chi connectivity index (χ1n) is 11.6. The number of urea groups is 1. The average Bonchev–Trinajstić information content (AvgIpc) is 2.86. The summed E-state index contributed by atoms with van der Waals surface area (Å²) in [6.45, 7) is 3.38. The average molecular weight is 488 g/mol. The summed E-state index contributed by atoms with van der Waals surface area (Å²) in [7, 11) is 1.71. The van der Waals surface area contributed by atoms with E-state index in [0.717, 1.165) is 31.2 Å². The van der Waals surface area contributed by atoms with Gasteiger partial charge in [0.1, 0.15) is 5.82 Å². The number of amides is 2. The van der Waals surface area contributed by atoms with E-state index in [2.05, 4.69) is 15.3 Å². The van der Waals surface area contributed by atoms with Crippen LogP contribution in [0.1, 0.15) is 38.2 Å². The zero-order chi connectivity index (χ0) is 23.9. The first-order valence-corrected chi connectivity index (χ1v) is 12.0. The van der Waals surface area contributed by atoms with E-state index in [4.69, 9.17) is 21.1 Å². The zero-order valence-electron chi connectivity index (χ0n) is 19.5. The molecule has 0 radical (unpaired) electrons. The van der Waals surface area contributed by atoms with Crippen molar-refractivity contribution in [1.82, 2.24) is 9.97 Å². The van der Waals surface area contributed by atoms with Gasteiger partial charge in [0.25, 0.3) is 0 Å². The Kier molecular flexibility index (Phi) is 6.14. The topological polar surface area (TPSA) is 100 Å². The highest BCUT2D eigenvalue weighted by Gasteiger charge is 2.44. The van der Waals surface area contributed by atoms with Gasteiger partial charge in [0.15, 0.2) is 5.79 Å². The number of carbonyl (C=O) groups is 1. The van der Waals surface area contributed by atoms with Gasteiger partial charge in [0.05, 0.1) is 37.1 Å². The van der Waals surface area contributed by atoms with Crippen LogP contribution in [0.25, 0.3) is 0 Å². The molecule has 0 unspecified atom stereocenters. The van der Waals surface area contributed by atoms with Gasteiger partial charge >= 0.3 is 6.03 Å². The Hall–Kier alpha value is -2.46. The Morgan fingerprint density at radius 3 is 2.62 bits per heavy atom. The summed E-state index contributed by atoms with van der Waals surface area (Å²) in [6.07, 6.45) is 5.01. The van der Waals surface area contributed by atoms with E-state index >= 15 is 0 Å². The first kappa shape index (κ1) is 23.3. The minimum absolute atomic E-state index is 0.0516. The second-order valence-corrected chi connectivity index (χ2v) is 10.2. The van der Waals surface area contributed by atoms with Crippen LogP contribution >= 0.6 is 11.6 Å². The molecular formula is C24H30ClN5O4. The van der Waals surface area contributed by atoms with Crippen LogP contribution in [-0.2, 0) is 16.0 Å². The molecule has 1 aliphatic carbocycles. The number of para-hydroxylation sites is 1. The molecule has 182 valence electrons. The van der Waals surface area contributed by atoms with Crippen molar-refractivity contribution in [3.05, 3.63) is 41.0 Å². The molecule has 1 aromatic heterocycles. The van der Waals surface area contributed by atoms with Crippen LogP contribution in [-0.4, -0.2) is 59.8 Å². The standard InChI is InChI=1S/C24H30ClN5O4/c1-23(13-31)14-33-24(34-15-23)9-7-17(8-10-24)27-21-26-11-16-12-30(19-6-4-3-5-18(19)25)22(32)29(2)20(16)28-21/h3-6,11,17,31H,7-10,12-15H2,1-2H3,(H,26,27,28). The van der Waals surface area contributed by atoms with Crippen molar-refractivity contribution in [1.29, 1.82) is 0 Å². The maximum absolute atomic E-state index is 13.1. The van der Waals surface area contributed by atoms with Crippen molar-refractivity contribution in [3.8, 4) is 0 Å². The molecule has 2 fully saturated rings. The third-order valence-electron chi connectivity index (χ3n) is 6.98.